The zero-order chi connectivity index (χ0) is 25.8. The molecule has 192 valence electrons. The molecule has 8 nitrogen and oxygen atoms in total. The second kappa shape index (κ2) is 14.2. The van der Waals surface area contributed by atoms with E-state index in [1.165, 1.54) is 0 Å². The van der Waals surface area contributed by atoms with E-state index in [1.54, 1.807) is 25.3 Å². The maximum atomic E-state index is 12.8. The molecule has 2 atom stereocenters. The zero-order valence-corrected chi connectivity index (χ0v) is 21.4. The molecule has 0 bridgehead atoms. The van der Waals surface area contributed by atoms with Crippen LogP contribution in [0.2, 0.25) is 0 Å². The number of ether oxygens (including phenoxy) is 3. The number of hydrogen-bond acceptors (Lipinski definition) is 6. The number of carbonyl (C=O) groups is 2. The van der Waals surface area contributed by atoms with Gasteiger partial charge in [-0.3, -0.25) is 4.79 Å². The van der Waals surface area contributed by atoms with Gasteiger partial charge in [0.2, 0.25) is 0 Å². The Bertz CT molecular complexity index is 934. The Kier molecular flexibility index (Phi) is 11.4. The summed E-state index contributed by atoms with van der Waals surface area (Å²) in [4.78, 5) is 25.1. The molecular formula is C27H39N3O5. The Morgan fingerprint density at radius 3 is 2.34 bits per heavy atom. The minimum Gasteiger partial charge on any atom is -0.493 e. The Labute approximate surface area is 208 Å². The fraction of sp³-hybridized carbons (Fsp3) is 0.481. The molecule has 0 saturated heterocycles. The minimum absolute atomic E-state index is 0.0382. The van der Waals surface area contributed by atoms with Gasteiger partial charge in [0, 0.05) is 11.8 Å². The van der Waals surface area contributed by atoms with Crippen LogP contribution in [0.15, 0.2) is 48.5 Å². The first-order chi connectivity index (χ1) is 16.7. The highest BCUT2D eigenvalue weighted by molar-refractivity contribution is 5.90. The third-order valence-electron chi connectivity index (χ3n) is 5.49. The third kappa shape index (κ3) is 9.48. The molecule has 0 aliphatic heterocycles. The van der Waals surface area contributed by atoms with E-state index in [4.69, 9.17) is 19.9 Å². The lowest BCUT2D eigenvalue weighted by Crippen LogP contribution is -2.40. The van der Waals surface area contributed by atoms with Crippen LogP contribution in [-0.4, -0.2) is 38.4 Å². The molecule has 2 amide bonds. The molecule has 0 radical (unpaired) electrons. The van der Waals surface area contributed by atoms with E-state index in [1.807, 2.05) is 44.2 Å². The molecule has 0 heterocycles. The van der Waals surface area contributed by atoms with Gasteiger partial charge in [0.15, 0.2) is 11.5 Å². The number of rotatable bonds is 13. The van der Waals surface area contributed by atoms with Crippen LogP contribution in [-0.2, 0) is 9.53 Å². The number of anilines is 1. The van der Waals surface area contributed by atoms with Gasteiger partial charge >= 0.3 is 12.0 Å². The van der Waals surface area contributed by atoms with Crippen molar-refractivity contribution in [2.45, 2.75) is 52.6 Å². The molecule has 0 spiro atoms. The van der Waals surface area contributed by atoms with Crippen molar-refractivity contribution in [3.8, 4) is 11.5 Å². The van der Waals surface area contributed by atoms with Crippen molar-refractivity contribution in [1.29, 1.82) is 0 Å². The maximum Gasteiger partial charge on any atom is 0.323 e. The van der Waals surface area contributed by atoms with E-state index >= 15 is 0 Å². The summed E-state index contributed by atoms with van der Waals surface area (Å²) < 4.78 is 16.7. The number of amides is 2. The normalized spacial score (nSPS) is 12.7. The first-order valence-electron chi connectivity index (χ1n) is 12.1. The van der Waals surface area contributed by atoms with Gasteiger partial charge in [0.05, 0.1) is 19.8 Å². The number of benzene rings is 2. The first kappa shape index (κ1) is 28.0. The lowest BCUT2D eigenvalue weighted by molar-refractivity contribution is -0.147. The van der Waals surface area contributed by atoms with Crippen LogP contribution < -0.4 is 25.8 Å². The van der Waals surface area contributed by atoms with Crippen molar-refractivity contribution >= 4 is 17.7 Å². The van der Waals surface area contributed by atoms with E-state index in [9.17, 15) is 9.59 Å². The van der Waals surface area contributed by atoms with Gasteiger partial charge in [-0.2, -0.15) is 0 Å². The van der Waals surface area contributed by atoms with Crippen molar-refractivity contribution in [3.63, 3.8) is 0 Å². The van der Waals surface area contributed by atoms with E-state index in [-0.39, 0.29) is 12.5 Å². The molecule has 2 rings (SSSR count). The average Bonchev–Trinajstić information content (AvgIpc) is 2.84. The first-order valence-corrected chi connectivity index (χ1v) is 12.1. The lowest BCUT2D eigenvalue weighted by Gasteiger charge is -2.22. The molecule has 2 aromatic carbocycles. The predicted molar refractivity (Wildman–Crippen MR) is 138 cm³/mol. The molecule has 8 heteroatoms. The number of carbonyl (C=O) groups excluding carboxylic acids is 2. The Hall–Kier alpha value is -3.26. The van der Waals surface area contributed by atoms with Crippen LogP contribution in [0.5, 0.6) is 11.5 Å². The van der Waals surface area contributed by atoms with E-state index in [2.05, 4.69) is 24.5 Å². The van der Waals surface area contributed by atoms with Gasteiger partial charge in [0.25, 0.3) is 0 Å². The molecular weight excluding hydrogens is 446 g/mol. The number of esters is 1. The fourth-order valence-electron chi connectivity index (χ4n) is 3.31. The van der Waals surface area contributed by atoms with Crippen LogP contribution in [0.4, 0.5) is 10.5 Å². The molecule has 2 aromatic rings. The summed E-state index contributed by atoms with van der Waals surface area (Å²) >= 11 is 0. The monoisotopic (exact) mass is 485 g/mol. The molecule has 35 heavy (non-hydrogen) atoms. The summed E-state index contributed by atoms with van der Waals surface area (Å²) in [6.07, 6.45) is 1.99. The van der Waals surface area contributed by atoms with Gasteiger partial charge in [0.1, 0.15) is 12.6 Å². The smallest absolute Gasteiger partial charge is 0.323 e. The number of hydrogen-bond donors (Lipinski definition) is 3. The lowest BCUT2D eigenvalue weighted by atomic mass is 10.1. The number of nitrogens with two attached hydrogens (primary N) is 1. The molecule has 0 aliphatic carbocycles. The maximum absolute atomic E-state index is 12.8. The quantitative estimate of drug-likeness (QED) is 0.275. The summed E-state index contributed by atoms with van der Waals surface area (Å²) in [5.41, 5.74) is 7.24. The fourth-order valence-corrected chi connectivity index (χ4v) is 3.31. The summed E-state index contributed by atoms with van der Waals surface area (Å²) in [7, 11) is 1.58. The Morgan fingerprint density at radius 1 is 1.00 bits per heavy atom. The summed E-state index contributed by atoms with van der Waals surface area (Å²) in [5.74, 6) is 1.21. The predicted octanol–water partition coefficient (Wildman–Crippen LogP) is 4.90. The van der Waals surface area contributed by atoms with E-state index in [0.29, 0.717) is 29.7 Å². The van der Waals surface area contributed by atoms with Crippen LogP contribution in [0.3, 0.4) is 0 Å². The van der Waals surface area contributed by atoms with Gasteiger partial charge in [-0.05, 0) is 42.4 Å². The van der Waals surface area contributed by atoms with Crippen molar-refractivity contribution in [1.82, 2.24) is 5.32 Å². The topological polar surface area (TPSA) is 112 Å². The Morgan fingerprint density at radius 2 is 1.71 bits per heavy atom. The SMILES string of the molecule is COc1ccc(NC(=O)N[C@@H](COC(=O)[C@@H](N)C(C)C)c2ccccc2)cc1OCCCC(C)C. The summed E-state index contributed by atoms with van der Waals surface area (Å²) in [6.45, 7) is 8.57. The van der Waals surface area contributed by atoms with Gasteiger partial charge < -0.3 is 30.6 Å². The zero-order valence-electron chi connectivity index (χ0n) is 21.4. The molecule has 0 fully saturated rings. The molecule has 0 saturated carbocycles. The van der Waals surface area contributed by atoms with Crippen molar-refractivity contribution < 1.29 is 23.8 Å². The second-order valence-corrected chi connectivity index (χ2v) is 9.21. The van der Waals surface area contributed by atoms with Crippen molar-refractivity contribution in [3.05, 3.63) is 54.1 Å². The van der Waals surface area contributed by atoms with E-state index in [0.717, 1.165) is 18.4 Å². The molecule has 4 N–H and O–H groups in total. The highest BCUT2D eigenvalue weighted by Crippen LogP contribution is 2.30. The summed E-state index contributed by atoms with van der Waals surface area (Å²) in [6, 6.07) is 12.8. The highest BCUT2D eigenvalue weighted by atomic mass is 16.5. The number of methoxy groups -OCH3 is 1. The second-order valence-electron chi connectivity index (χ2n) is 9.21. The minimum atomic E-state index is -0.724. The largest absolute Gasteiger partial charge is 0.493 e. The van der Waals surface area contributed by atoms with Gasteiger partial charge in [-0.1, -0.05) is 58.0 Å². The van der Waals surface area contributed by atoms with Crippen molar-refractivity contribution in [2.75, 3.05) is 25.6 Å². The molecule has 0 unspecified atom stereocenters. The van der Waals surface area contributed by atoms with Gasteiger partial charge in [-0.25, -0.2) is 4.79 Å². The van der Waals surface area contributed by atoms with Crippen LogP contribution in [0.25, 0.3) is 0 Å². The highest BCUT2D eigenvalue weighted by Gasteiger charge is 2.22. The van der Waals surface area contributed by atoms with Crippen LogP contribution in [0, 0.1) is 11.8 Å². The number of nitrogens with one attached hydrogen (secondary N) is 2. The van der Waals surface area contributed by atoms with Gasteiger partial charge in [-0.15, -0.1) is 0 Å². The average molecular weight is 486 g/mol. The van der Waals surface area contributed by atoms with Crippen LogP contribution in [0.1, 0.15) is 52.1 Å². The Balaban J connectivity index is 2.05. The molecule has 0 aliphatic rings. The van der Waals surface area contributed by atoms with E-state index < -0.39 is 24.1 Å². The third-order valence-corrected chi connectivity index (χ3v) is 5.49. The molecule has 0 aromatic heterocycles. The number of urea groups is 1. The standard InChI is InChI=1S/C27H39N3O5/c1-18(2)10-9-15-34-24-16-21(13-14-23(24)33-5)29-27(32)30-22(20-11-7-6-8-12-20)17-35-26(31)25(28)19(3)4/h6-8,11-14,16,18-19,22,25H,9-10,15,17,28H2,1-5H3,(H2,29,30,32)/t22-,25-/m0/s1. The summed E-state index contributed by atoms with van der Waals surface area (Å²) in [5, 5.41) is 5.70. The van der Waals surface area contributed by atoms with Crippen LogP contribution >= 0.6 is 0 Å². The van der Waals surface area contributed by atoms with Crippen molar-refractivity contribution in [2.24, 2.45) is 17.6 Å².